The van der Waals surface area contributed by atoms with Gasteiger partial charge in [0, 0.05) is 30.9 Å². The Labute approximate surface area is 81.1 Å². The van der Waals surface area contributed by atoms with Crippen LogP contribution in [0, 0.1) is 5.92 Å². The quantitative estimate of drug-likeness (QED) is 0.645. The maximum atomic E-state index is 4.02. The average Bonchev–Trinajstić information content (AvgIpc) is 2.64. The molecule has 1 aliphatic carbocycles. The highest BCUT2D eigenvalue weighted by Crippen LogP contribution is 2.17. The molecule has 1 fully saturated rings. The zero-order chi connectivity index (χ0) is 9.52. The van der Waals surface area contributed by atoms with Crippen molar-refractivity contribution in [3.63, 3.8) is 0 Å². The normalized spacial score (nSPS) is 21.0. The van der Waals surface area contributed by atoms with E-state index in [2.05, 4.69) is 23.8 Å². The first-order chi connectivity index (χ1) is 6.33. The third kappa shape index (κ3) is 4.23. The Hall–Kier alpha value is -0.630. The minimum absolute atomic E-state index is 0.513. The van der Waals surface area contributed by atoms with E-state index in [1.165, 1.54) is 25.7 Å². The number of hydrogen-bond acceptors (Lipinski definition) is 2. The van der Waals surface area contributed by atoms with Crippen LogP contribution in [-0.2, 0) is 0 Å². The highest BCUT2D eigenvalue weighted by Gasteiger charge is 2.14. The maximum Gasteiger partial charge on any atom is 0.0192 e. The predicted molar refractivity (Wildman–Crippen MR) is 58.1 cm³/mol. The molecular formula is C11H20N2. The second-order valence-electron chi connectivity index (χ2n) is 3.85. The molecule has 1 saturated carbocycles. The lowest BCUT2D eigenvalue weighted by Crippen LogP contribution is -2.30. The van der Waals surface area contributed by atoms with Gasteiger partial charge in [-0.1, -0.05) is 26.3 Å². The molecule has 0 heterocycles. The molecule has 0 aliphatic heterocycles. The highest BCUT2D eigenvalue weighted by molar-refractivity contribution is 5.61. The number of hydrogen-bond donors (Lipinski definition) is 1. The van der Waals surface area contributed by atoms with Crippen LogP contribution in [0.25, 0.3) is 0 Å². The molecule has 0 spiro atoms. The van der Waals surface area contributed by atoms with Crippen molar-refractivity contribution in [2.45, 2.75) is 38.6 Å². The van der Waals surface area contributed by atoms with E-state index in [1.54, 1.807) is 6.20 Å². The van der Waals surface area contributed by atoms with Gasteiger partial charge in [0.25, 0.3) is 0 Å². The predicted octanol–water partition coefficient (Wildman–Crippen LogP) is 2.37. The van der Waals surface area contributed by atoms with Gasteiger partial charge in [-0.2, -0.15) is 0 Å². The van der Waals surface area contributed by atoms with Crippen LogP contribution < -0.4 is 5.32 Å². The topological polar surface area (TPSA) is 24.4 Å². The van der Waals surface area contributed by atoms with Crippen molar-refractivity contribution in [2.24, 2.45) is 10.9 Å². The fourth-order valence-electron chi connectivity index (χ4n) is 1.74. The molecule has 2 heteroatoms. The summed E-state index contributed by atoms with van der Waals surface area (Å²) in [5.74, 6) is 0.513. The first-order valence-corrected chi connectivity index (χ1v) is 5.20. The first kappa shape index (κ1) is 10.5. The van der Waals surface area contributed by atoms with E-state index >= 15 is 0 Å². The van der Waals surface area contributed by atoms with Gasteiger partial charge in [0.2, 0.25) is 0 Å². The van der Waals surface area contributed by atoms with E-state index in [0.717, 1.165) is 12.6 Å². The largest absolute Gasteiger partial charge is 0.313 e. The zero-order valence-electron chi connectivity index (χ0n) is 8.50. The van der Waals surface area contributed by atoms with Crippen molar-refractivity contribution in [2.75, 3.05) is 6.54 Å². The molecule has 1 atom stereocenters. The molecule has 1 N–H and O–H groups in total. The van der Waals surface area contributed by atoms with Crippen LogP contribution in [0.15, 0.2) is 17.8 Å². The van der Waals surface area contributed by atoms with Crippen LogP contribution in [-0.4, -0.2) is 18.8 Å². The second kappa shape index (κ2) is 5.92. The van der Waals surface area contributed by atoms with Crippen molar-refractivity contribution in [1.82, 2.24) is 5.32 Å². The van der Waals surface area contributed by atoms with E-state index in [9.17, 15) is 0 Å². The summed E-state index contributed by atoms with van der Waals surface area (Å²) >= 11 is 0. The number of rotatable bonds is 5. The molecule has 0 radical (unpaired) electrons. The van der Waals surface area contributed by atoms with Gasteiger partial charge < -0.3 is 5.32 Å². The summed E-state index contributed by atoms with van der Waals surface area (Å²) in [6.45, 7) is 6.77. The molecule has 0 aromatic rings. The monoisotopic (exact) mass is 180 g/mol. The molecular weight excluding hydrogens is 160 g/mol. The zero-order valence-corrected chi connectivity index (χ0v) is 8.50. The molecule has 1 rings (SSSR count). The van der Waals surface area contributed by atoms with Crippen LogP contribution >= 0.6 is 0 Å². The maximum absolute atomic E-state index is 4.02. The summed E-state index contributed by atoms with van der Waals surface area (Å²) in [6, 6.07) is 0.764. The Morgan fingerprint density at radius 1 is 1.54 bits per heavy atom. The minimum Gasteiger partial charge on any atom is -0.313 e. The molecule has 0 aromatic carbocycles. The van der Waals surface area contributed by atoms with Gasteiger partial charge in [-0.25, -0.2) is 0 Å². The van der Waals surface area contributed by atoms with Crippen molar-refractivity contribution < 1.29 is 0 Å². The van der Waals surface area contributed by atoms with Gasteiger partial charge in [0.1, 0.15) is 0 Å². The van der Waals surface area contributed by atoms with Gasteiger partial charge in [-0.05, 0) is 12.8 Å². The summed E-state index contributed by atoms with van der Waals surface area (Å²) in [6.07, 6.45) is 9.04. The van der Waals surface area contributed by atoms with E-state index in [0.29, 0.717) is 5.92 Å². The van der Waals surface area contributed by atoms with Gasteiger partial charge in [-0.15, -0.1) is 0 Å². The van der Waals surface area contributed by atoms with Crippen LogP contribution in [0.4, 0.5) is 0 Å². The molecule has 0 saturated heterocycles. The smallest absolute Gasteiger partial charge is 0.0192 e. The van der Waals surface area contributed by atoms with Crippen LogP contribution in [0.3, 0.4) is 0 Å². The van der Waals surface area contributed by atoms with Gasteiger partial charge in [-0.3, -0.25) is 4.99 Å². The van der Waals surface area contributed by atoms with Crippen LogP contribution in [0.2, 0.25) is 0 Å². The first-order valence-electron chi connectivity index (χ1n) is 5.20. The molecule has 74 valence electrons. The Balaban J connectivity index is 2.09. The Morgan fingerprint density at radius 2 is 2.23 bits per heavy atom. The summed E-state index contributed by atoms with van der Waals surface area (Å²) in [5.41, 5.74) is 0. The summed E-state index contributed by atoms with van der Waals surface area (Å²) in [5, 5.41) is 3.56. The van der Waals surface area contributed by atoms with E-state index in [4.69, 9.17) is 0 Å². The van der Waals surface area contributed by atoms with E-state index < -0.39 is 0 Å². The fraction of sp³-hybridized carbons (Fsp3) is 0.727. The van der Waals surface area contributed by atoms with E-state index in [-0.39, 0.29) is 0 Å². The molecule has 0 bridgehead atoms. The molecule has 2 nitrogen and oxygen atoms in total. The molecule has 13 heavy (non-hydrogen) atoms. The fourth-order valence-corrected chi connectivity index (χ4v) is 1.74. The molecule has 0 amide bonds. The van der Waals surface area contributed by atoms with Gasteiger partial charge >= 0.3 is 0 Å². The molecule has 0 aromatic heterocycles. The number of nitrogens with one attached hydrogen (secondary N) is 1. The lowest BCUT2D eigenvalue weighted by molar-refractivity contribution is 0.501. The lowest BCUT2D eigenvalue weighted by Gasteiger charge is -2.13. The summed E-state index contributed by atoms with van der Waals surface area (Å²) < 4.78 is 0. The van der Waals surface area contributed by atoms with Gasteiger partial charge in [0.05, 0.1) is 0 Å². The SMILES string of the molecule is C=CN=CC(C)CNC1CCCC1. The molecule has 1 aliphatic rings. The highest BCUT2D eigenvalue weighted by atomic mass is 14.9. The van der Waals surface area contributed by atoms with E-state index in [1.807, 2.05) is 6.21 Å². The summed E-state index contributed by atoms with van der Waals surface area (Å²) in [4.78, 5) is 4.02. The Morgan fingerprint density at radius 3 is 2.85 bits per heavy atom. The minimum atomic E-state index is 0.513. The average molecular weight is 180 g/mol. The third-order valence-electron chi connectivity index (χ3n) is 2.53. The van der Waals surface area contributed by atoms with Crippen molar-refractivity contribution >= 4 is 6.21 Å². The van der Waals surface area contributed by atoms with Gasteiger partial charge in [0.15, 0.2) is 0 Å². The second-order valence-corrected chi connectivity index (χ2v) is 3.85. The Bertz CT molecular complexity index is 169. The Kier molecular flexibility index (Phi) is 4.76. The third-order valence-corrected chi connectivity index (χ3v) is 2.53. The lowest BCUT2D eigenvalue weighted by atomic mass is 10.2. The molecule has 1 unspecified atom stereocenters. The van der Waals surface area contributed by atoms with Crippen LogP contribution in [0.5, 0.6) is 0 Å². The summed E-state index contributed by atoms with van der Waals surface area (Å²) in [7, 11) is 0. The van der Waals surface area contributed by atoms with Crippen LogP contribution in [0.1, 0.15) is 32.6 Å². The number of nitrogens with zero attached hydrogens (tertiary/aromatic N) is 1. The standard InChI is InChI=1S/C11H20N2/c1-3-12-8-10(2)9-13-11-6-4-5-7-11/h3,8,10-11,13H,1,4-7,9H2,2H3. The number of aliphatic imine (C=N–C) groups is 1. The van der Waals surface area contributed by atoms with Crippen molar-refractivity contribution in [3.8, 4) is 0 Å². The van der Waals surface area contributed by atoms with Crippen molar-refractivity contribution in [3.05, 3.63) is 12.8 Å². The van der Waals surface area contributed by atoms with Crippen molar-refractivity contribution in [1.29, 1.82) is 0 Å².